The van der Waals surface area contributed by atoms with Gasteiger partial charge in [-0.15, -0.1) is 0 Å². The predicted molar refractivity (Wildman–Crippen MR) is 124 cm³/mol. The largest absolute Gasteiger partial charge is 0.387 e. The number of nitrogens with zero attached hydrogens (tertiary/aromatic N) is 2. The number of hydrogen-bond acceptors (Lipinski definition) is 4. The minimum absolute atomic E-state index is 0.0261. The van der Waals surface area contributed by atoms with E-state index in [9.17, 15) is 14.3 Å². The average Bonchev–Trinajstić information content (AvgIpc) is 2.80. The van der Waals surface area contributed by atoms with Crippen molar-refractivity contribution in [2.75, 3.05) is 53.5 Å². The second-order valence-electron chi connectivity index (χ2n) is 9.72. The van der Waals surface area contributed by atoms with Crippen LogP contribution in [0.1, 0.15) is 50.2 Å². The molecule has 0 radical (unpaired) electrons. The maximum atomic E-state index is 13.1. The normalized spacial score (nSPS) is 23.6. The Morgan fingerprint density at radius 1 is 1.12 bits per heavy atom. The Kier molecular flexibility index (Phi) is 9.75. The number of aliphatic hydroxyl groups excluding tert-OH is 1. The first kappa shape index (κ1) is 24.9. The Bertz CT molecular complexity index is 686. The van der Waals surface area contributed by atoms with Crippen molar-refractivity contribution < 1.29 is 19.0 Å². The highest BCUT2D eigenvalue weighted by molar-refractivity contribution is 5.73. The molecule has 2 N–H and O–H groups in total. The number of rotatable bonds is 9. The number of carbonyl (C=O) groups excluding carboxylic acids is 1. The number of amides is 2. The van der Waals surface area contributed by atoms with Gasteiger partial charge < -0.3 is 25.0 Å². The standard InChI is InChI=1S/C25H40FN3O3/c1-28(25(31)27-15-19-3-5-21(6-4-19)18-32-2)16-20-11-13-29(14-12-20)17-24(30)22-7-9-23(26)10-8-22/h7-10,19-21,24,30H,3-6,11-18H2,1-2H3,(H,27,31). The molecule has 1 saturated carbocycles. The highest BCUT2D eigenvalue weighted by Gasteiger charge is 2.25. The number of ether oxygens (including phenoxy) is 1. The van der Waals surface area contributed by atoms with Gasteiger partial charge >= 0.3 is 6.03 Å². The molecule has 1 aromatic carbocycles. The molecular formula is C25H40FN3O3. The molecule has 32 heavy (non-hydrogen) atoms. The van der Waals surface area contributed by atoms with Gasteiger partial charge in [0.15, 0.2) is 0 Å². The molecule has 1 aliphatic heterocycles. The highest BCUT2D eigenvalue weighted by Crippen LogP contribution is 2.28. The summed E-state index contributed by atoms with van der Waals surface area (Å²) in [7, 11) is 3.65. The van der Waals surface area contributed by atoms with Crippen molar-refractivity contribution in [3.05, 3.63) is 35.6 Å². The summed E-state index contributed by atoms with van der Waals surface area (Å²) in [4.78, 5) is 16.6. The van der Waals surface area contributed by atoms with Gasteiger partial charge in [0.1, 0.15) is 5.82 Å². The summed E-state index contributed by atoms with van der Waals surface area (Å²) in [5.74, 6) is 1.45. The monoisotopic (exact) mass is 449 g/mol. The third kappa shape index (κ3) is 7.71. The first-order valence-corrected chi connectivity index (χ1v) is 12.1. The van der Waals surface area contributed by atoms with Crippen molar-refractivity contribution in [1.82, 2.24) is 15.1 Å². The number of methoxy groups -OCH3 is 1. The number of carbonyl (C=O) groups is 1. The molecule has 3 rings (SSSR count). The van der Waals surface area contributed by atoms with Crippen molar-refractivity contribution >= 4 is 6.03 Å². The van der Waals surface area contributed by atoms with Crippen molar-refractivity contribution in [3.63, 3.8) is 0 Å². The van der Waals surface area contributed by atoms with Gasteiger partial charge in [-0.3, -0.25) is 0 Å². The SMILES string of the molecule is COCC1CCC(CNC(=O)N(C)CC2CCN(CC(O)c3ccc(F)cc3)CC2)CC1. The molecule has 0 bridgehead atoms. The van der Waals surface area contributed by atoms with E-state index in [1.807, 2.05) is 11.9 Å². The number of hydrogen-bond donors (Lipinski definition) is 2. The molecule has 1 heterocycles. The van der Waals surface area contributed by atoms with E-state index in [0.29, 0.717) is 24.3 Å². The zero-order valence-corrected chi connectivity index (χ0v) is 19.6. The third-order valence-electron chi connectivity index (χ3n) is 7.18. The van der Waals surface area contributed by atoms with Crippen LogP contribution >= 0.6 is 0 Å². The van der Waals surface area contributed by atoms with Crippen LogP contribution in [0, 0.1) is 23.6 Å². The van der Waals surface area contributed by atoms with E-state index >= 15 is 0 Å². The van der Waals surface area contributed by atoms with E-state index in [1.54, 1.807) is 19.2 Å². The molecule has 2 fully saturated rings. The summed E-state index contributed by atoms with van der Waals surface area (Å²) in [5, 5.41) is 13.6. The fraction of sp³-hybridized carbons (Fsp3) is 0.720. The molecule has 0 spiro atoms. The number of β-amino-alcohol motifs (C(OH)–C–C–N with tert-alkyl or cyclic N) is 1. The molecule has 180 valence electrons. The number of halogens is 1. The van der Waals surface area contributed by atoms with Crippen LogP contribution in [0.4, 0.5) is 9.18 Å². The van der Waals surface area contributed by atoms with Crippen LogP contribution in [-0.2, 0) is 4.74 Å². The summed E-state index contributed by atoms with van der Waals surface area (Å²) >= 11 is 0. The van der Waals surface area contributed by atoms with E-state index in [1.165, 1.54) is 37.8 Å². The van der Waals surface area contributed by atoms with Crippen molar-refractivity contribution in [2.45, 2.75) is 44.6 Å². The van der Waals surface area contributed by atoms with Crippen LogP contribution in [-0.4, -0.2) is 74.4 Å². The maximum absolute atomic E-state index is 13.1. The third-order valence-corrected chi connectivity index (χ3v) is 7.18. The maximum Gasteiger partial charge on any atom is 0.317 e. The van der Waals surface area contributed by atoms with Crippen LogP contribution in [0.2, 0.25) is 0 Å². The van der Waals surface area contributed by atoms with Gasteiger partial charge in [0.25, 0.3) is 0 Å². The summed E-state index contributed by atoms with van der Waals surface area (Å²) in [5.41, 5.74) is 0.747. The Hall–Kier alpha value is -1.70. The van der Waals surface area contributed by atoms with E-state index in [4.69, 9.17) is 4.74 Å². The van der Waals surface area contributed by atoms with Crippen LogP contribution < -0.4 is 5.32 Å². The molecule has 2 aliphatic rings. The van der Waals surface area contributed by atoms with Crippen LogP contribution in [0.15, 0.2) is 24.3 Å². The summed E-state index contributed by atoms with van der Waals surface area (Å²) in [6.07, 6.45) is 6.14. The Balaban J connectivity index is 1.31. The number of aliphatic hydroxyl groups is 1. The number of benzene rings is 1. The van der Waals surface area contributed by atoms with Crippen molar-refractivity contribution in [2.24, 2.45) is 17.8 Å². The lowest BCUT2D eigenvalue weighted by Crippen LogP contribution is -2.44. The first-order chi connectivity index (χ1) is 15.4. The van der Waals surface area contributed by atoms with Gasteiger partial charge in [0, 0.05) is 40.4 Å². The number of nitrogens with one attached hydrogen (secondary N) is 1. The zero-order valence-electron chi connectivity index (χ0n) is 19.6. The van der Waals surface area contributed by atoms with Crippen molar-refractivity contribution in [3.8, 4) is 0 Å². The van der Waals surface area contributed by atoms with E-state index in [2.05, 4.69) is 10.2 Å². The molecule has 6 nitrogen and oxygen atoms in total. The number of urea groups is 1. The van der Waals surface area contributed by atoms with E-state index in [-0.39, 0.29) is 11.8 Å². The highest BCUT2D eigenvalue weighted by atomic mass is 19.1. The van der Waals surface area contributed by atoms with E-state index < -0.39 is 6.10 Å². The molecule has 1 atom stereocenters. The molecular weight excluding hydrogens is 409 g/mol. The van der Waals surface area contributed by atoms with Crippen LogP contribution in [0.25, 0.3) is 0 Å². The minimum atomic E-state index is -0.606. The van der Waals surface area contributed by atoms with Gasteiger partial charge in [0.2, 0.25) is 0 Å². The van der Waals surface area contributed by atoms with Crippen molar-refractivity contribution in [1.29, 1.82) is 0 Å². The smallest absolute Gasteiger partial charge is 0.317 e. The zero-order chi connectivity index (χ0) is 22.9. The van der Waals surface area contributed by atoms with Gasteiger partial charge in [-0.05, 0) is 87.1 Å². The minimum Gasteiger partial charge on any atom is -0.387 e. The summed E-state index contributed by atoms with van der Waals surface area (Å²) < 4.78 is 18.3. The molecule has 1 aromatic rings. The van der Waals surface area contributed by atoms with Gasteiger partial charge in [-0.25, -0.2) is 9.18 Å². The molecule has 7 heteroatoms. The lowest BCUT2D eigenvalue weighted by atomic mass is 9.82. The topological polar surface area (TPSA) is 65.0 Å². The second-order valence-corrected chi connectivity index (χ2v) is 9.72. The molecule has 1 saturated heterocycles. The number of likely N-dealkylation sites (tertiary alicyclic amines) is 1. The Morgan fingerprint density at radius 3 is 2.38 bits per heavy atom. The Morgan fingerprint density at radius 2 is 1.75 bits per heavy atom. The van der Waals surface area contributed by atoms with Gasteiger partial charge in [0.05, 0.1) is 6.10 Å². The molecule has 1 unspecified atom stereocenters. The van der Waals surface area contributed by atoms with Crippen LogP contribution in [0.3, 0.4) is 0 Å². The first-order valence-electron chi connectivity index (χ1n) is 12.1. The fourth-order valence-corrected chi connectivity index (χ4v) is 5.06. The number of piperidine rings is 1. The summed E-state index contributed by atoms with van der Waals surface area (Å²) in [6.45, 7) is 4.75. The molecule has 0 aromatic heterocycles. The van der Waals surface area contributed by atoms with Gasteiger partial charge in [-0.1, -0.05) is 12.1 Å². The molecule has 2 amide bonds. The van der Waals surface area contributed by atoms with E-state index in [0.717, 1.165) is 51.2 Å². The van der Waals surface area contributed by atoms with Crippen LogP contribution in [0.5, 0.6) is 0 Å². The fourth-order valence-electron chi connectivity index (χ4n) is 5.06. The lowest BCUT2D eigenvalue weighted by molar-refractivity contribution is 0.0846. The summed E-state index contributed by atoms with van der Waals surface area (Å²) in [6, 6.07) is 6.09. The van der Waals surface area contributed by atoms with Gasteiger partial charge in [-0.2, -0.15) is 0 Å². The average molecular weight is 450 g/mol. The predicted octanol–water partition coefficient (Wildman–Crippen LogP) is 3.67. The molecule has 1 aliphatic carbocycles. The quantitative estimate of drug-likeness (QED) is 0.604. The Labute approximate surface area is 192 Å². The lowest BCUT2D eigenvalue weighted by Gasteiger charge is -2.35. The second kappa shape index (κ2) is 12.5.